The fourth-order valence-corrected chi connectivity index (χ4v) is 8.67. The van der Waals surface area contributed by atoms with Gasteiger partial charge in [-0.3, -0.25) is 0 Å². The molecular weight excluding hydrogens is 721 g/mol. The molecule has 4 nitrogen and oxygen atoms in total. The lowest BCUT2D eigenvalue weighted by Gasteiger charge is -2.25. The van der Waals surface area contributed by atoms with Gasteiger partial charge in [-0.05, 0) is 86.0 Å². The Labute approximate surface area is 344 Å². The maximum Gasteiger partial charge on any atom is 0.170 e. The summed E-state index contributed by atoms with van der Waals surface area (Å²) in [5.74, 6) is 3.45. The number of aromatic nitrogens is 2. The van der Waals surface area contributed by atoms with Crippen LogP contribution >= 0.6 is 0 Å². The summed E-state index contributed by atoms with van der Waals surface area (Å²) in [4.78, 5) is 10.5. The van der Waals surface area contributed by atoms with Crippen molar-refractivity contribution >= 4 is 0 Å². The Kier molecular flexibility index (Phi) is 8.12. The number of hydrogen-bond donors (Lipinski definition) is 0. The van der Waals surface area contributed by atoms with Crippen molar-refractivity contribution in [1.82, 2.24) is 9.97 Å². The van der Waals surface area contributed by atoms with Gasteiger partial charge < -0.3 is 9.47 Å². The number of benzene rings is 8. The highest BCUT2D eigenvalue weighted by atomic mass is 16.6. The van der Waals surface area contributed by atoms with Crippen LogP contribution in [0.5, 0.6) is 23.0 Å². The molecule has 1 aromatic heterocycles. The first-order valence-corrected chi connectivity index (χ1v) is 20.0. The van der Waals surface area contributed by atoms with Gasteiger partial charge >= 0.3 is 0 Å². The third-order valence-electron chi connectivity index (χ3n) is 11.8. The van der Waals surface area contributed by atoms with E-state index >= 15 is 0 Å². The molecule has 0 radical (unpaired) electrons. The van der Waals surface area contributed by atoms with Crippen LogP contribution in [0.2, 0.25) is 0 Å². The molecule has 0 spiro atoms. The normalized spacial score (nSPS) is 13.0. The molecule has 11 rings (SSSR count). The SMILES string of the molecule is CC1(C)c2ccccc2-c2cc3c(cc21)Oc1ccc(-c2ccccc2-c2nc(-c4ccc(-c5ccccc5)cc4)cc(-c4ccc(-c5ccccc5)cc4)n2)cc1O3. The van der Waals surface area contributed by atoms with Crippen LogP contribution in [-0.4, -0.2) is 9.97 Å². The maximum absolute atomic E-state index is 6.67. The fraction of sp³-hybridized carbons (Fsp3) is 0.0545. The second kappa shape index (κ2) is 13.8. The molecule has 2 aliphatic rings. The first kappa shape index (κ1) is 34.7. The van der Waals surface area contributed by atoms with Gasteiger partial charge in [-0.2, -0.15) is 0 Å². The summed E-state index contributed by atoms with van der Waals surface area (Å²) in [6, 6.07) is 67.7. The highest BCUT2D eigenvalue weighted by Crippen LogP contribution is 2.55. The average Bonchev–Trinajstić information content (AvgIpc) is 3.52. The van der Waals surface area contributed by atoms with Crippen LogP contribution in [-0.2, 0) is 5.41 Å². The number of ether oxygens (including phenoxy) is 2. The molecule has 0 fully saturated rings. The highest BCUT2D eigenvalue weighted by Gasteiger charge is 2.37. The van der Waals surface area contributed by atoms with Gasteiger partial charge in [0.15, 0.2) is 28.8 Å². The number of fused-ring (bicyclic) bond motifs is 5. The maximum atomic E-state index is 6.67. The third kappa shape index (κ3) is 6.09. The molecule has 0 N–H and O–H groups in total. The minimum atomic E-state index is -0.130. The number of hydrogen-bond acceptors (Lipinski definition) is 4. The second-order valence-corrected chi connectivity index (χ2v) is 15.8. The molecule has 0 unspecified atom stereocenters. The van der Waals surface area contributed by atoms with Crippen molar-refractivity contribution in [2.45, 2.75) is 19.3 Å². The summed E-state index contributed by atoms with van der Waals surface area (Å²) in [5, 5.41) is 0. The van der Waals surface area contributed by atoms with Gasteiger partial charge in [0.05, 0.1) is 11.4 Å². The average molecular weight is 759 g/mol. The van der Waals surface area contributed by atoms with E-state index in [-0.39, 0.29) is 5.41 Å². The Morgan fingerprint density at radius 2 is 0.780 bits per heavy atom. The topological polar surface area (TPSA) is 44.2 Å². The van der Waals surface area contributed by atoms with E-state index in [9.17, 15) is 0 Å². The molecule has 0 amide bonds. The van der Waals surface area contributed by atoms with Gasteiger partial charge in [0.1, 0.15) is 0 Å². The lowest BCUT2D eigenvalue weighted by molar-refractivity contribution is 0.359. The molecule has 0 bridgehead atoms. The Morgan fingerprint density at radius 1 is 0.322 bits per heavy atom. The smallest absolute Gasteiger partial charge is 0.170 e. The van der Waals surface area contributed by atoms with E-state index in [4.69, 9.17) is 19.4 Å². The zero-order valence-electron chi connectivity index (χ0n) is 32.7. The van der Waals surface area contributed by atoms with Crippen molar-refractivity contribution in [1.29, 1.82) is 0 Å². The lowest BCUT2D eigenvalue weighted by atomic mass is 9.82. The molecule has 59 heavy (non-hydrogen) atoms. The van der Waals surface area contributed by atoms with E-state index in [0.29, 0.717) is 23.1 Å². The van der Waals surface area contributed by atoms with Crippen LogP contribution in [0.3, 0.4) is 0 Å². The molecule has 1 aliphatic carbocycles. The van der Waals surface area contributed by atoms with Crippen LogP contribution in [0.1, 0.15) is 25.0 Å². The Hall–Kier alpha value is -7.56. The van der Waals surface area contributed by atoms with Crippen LogP contribution in [0.15, 0.2) is 194 Å². The van der Waals surface area contributed by atoms with Crippen LogP contribution in [0.25, 0.3) is 78.4 Å². The first-order chi connectivity index (χ1) is 29.0. The van der Waals surface area contributed by atoms with E-state index in [1.165, 1.54) is 33.4 Å². The fourth-order valence-electron chi connectivity index (χ4n) is 8.67. The summed E-state index contributed by atoms with van der Waals surface area (Å²) in [6.07, 6.45) is 0. The van der Waals surface area contributed by atoms with Crippen molar-refractivity contribution < 1.29 is 9.47 Å². The molecule has 8 aromatic carbocycles. The van der Waals surface area contributed by atoms with E-state index in [1.807, 2.05) is 24.3 Å². The van der Waals surface area contributed by atoms with Crippen LogP contribution < -0.4 is 9.47 Å². The van der Waals surface area contributed by atoms with E-state index in [2.05, 4.69) is 184 Å². The van der Waals surface area contributed by atoms with Crippen LogP contribution in [0.4, 0.5) is 0 Å². The molecular formula is C55H38N2O2. The summed E-state index contributed by atoms with van der Waals surface area (Å²) >= 11 is 0. The Bertz CT molecular complexity index is 2940. The molecule has 0 saturated carbocycles. The standard InChI is InChI=1S/C55H38N2O2/c1-55(2)46-20-12-11-18-43(46)45-32-52-53(33-47(45)55)58-50-30-29-41(31-51(50)59-52)42-17-9-10-19-44(42)54-56-48(39-25-21-37(22-26-39)35-13-5-3-6-14-35)34-49(57-54)40-27-23-38(24-28-40)36-15-7-4-8-16-36/h3-34H,1-2H3. The molecule has 4 heteroatoms. The third-order valence-corrected chi connectivity index (χ3v) is 11.8. The van der Waals surface area contributed by atoms with E-state index in [0.717, 1.165) is 56.1 Å². The molecule has 9 aromatic rings. The quantitative estimate of drug-likeness (QED) is 0.169. The molecule has 0 atom stereocenters. The van der Waals surface area contributed by atoms with Crippen LogP contribution in [0, 0.1) is 0 Å². The largest absolute Gasteiger partial charge is 0.450 e. The van der Waals surface area contributed by atoms with Gasteiger partial charge in [-0.1, -0.05) is 178 Å². The summed E-state index contributed by atoms with van der Waals surface area (Å²) in [5.41, 5.74) is 16.2. The molecule has 2 heterocycles. The predicted molar refractivity (Wildman–Crippen MR) is 239 cm³/mol. The minimum absolute atomic E-state index is 0.130. The van der Waals surface area contributed by atoms with Gasteiger partial charge in [0.2, 0.25) is 0 Å². The van der Waals surface area contributed by atoms with Gasteiger partial charge in [0, 0.05) is 22.1 Å². The monoisotopic (exact) mass is 758 g/mol. The number of nitrogens with zero attached hydrogens (tertiary/aromatic N) is 2. The second-order valence-electron chi connectivity index (χ2n) is 15.8. The van der Waals surface area contributed by atoms with E-state index in [1.54, 1.807) is 0 Å². The van der Waals surface area contributed by atoms with Gasteiger partial charge in [0.25, 0.3) is 0 Å². The Morgan fingerprint density at radius 3 is 1.41 bits per heavy atom. The van der Waals surface area contributed by atoms with Crippen molar-refractivity contribution in [3.63, 3.8) is 0 Å². The van der Waals surface area contributed by atoms with Crippen molar-refractivity contribution in [3.05, 3.63) is 205 Å². The van der Waals surface area contributed by atoms with Gasteiger partial charge in [-0.25, -0.2) is 9.97 Å². The minimum Gasteiger partial charge on any atom is -0.450 e. The number of rotatable bonds is 6. The summed E-state index contributed by atoms with van der Waals surface area (Å²) in [7, 11) is 0. The van der Waals surface area contributed by atoms with Crippen molar-refractivity contribution in [2.24, 2.45) is 0 Å². The summed E-state index contributed by atoms with van der Waals surface area (Å²) in [6.45, 7) is 4.55. The van der Waals surface area contributed by atoms with Gasteiger partial charge in [-0.15, -0.1) is 0 Å². The van der Waals surface area contributed by atoms with Crippen molar-refractivity contribution in [2.75, 3.05) is 0 Å². The van der Waals surface area contributed by atoms with E-state index < -0.39 is 0 Å². The Balaban J connectivity index is 0.985. The predicted octanol–water partition coefficient (Wildman–Crippen LogP) is 14.7. The first-order valence-electron chi connectivity index (χ1n) is 20.0. The summed E-state index contributed by atoms with van der Waals surface area (Å²) < 4.78 is 13.2. The van der Waals surface area contributed by atoms with Crippen molar-refractivity contribution in [3.8, 4) is 101 Å². The molecule has 280 valence electrons. The zero-order valence-corrected chi connectivity index (χ0v) is 32.7. The molecule has 1 aliphatic heterocycles. The zero-order chi connectivity index (χ0) is 39.5. The highest BCUT2D eigenvalue weighted by molar-refractivity contribution is 5.86. The lowest BCUT2D eigenvalue weighted by Crippen LogP contribution is -2.15. The molecule has 0 saturated heterocycles.